The molecule has 0 aromatic carbocycles. The molecule has 2 heterocycles. The maximum Gasteiger partial charge on any atom is 0.336 e. The molecule has 0 spiro atoms. The highest BCUT2D eigenvalue weighted by Crippen LogP contribution is 2.14. The lowest BCUT2D eigenvalue weighted by atomic mass is 10.2. The van der Waals surface area contributed by atoms with E-state index in [4.69, 9.17) is 4.74 Å². The molecule has 0 saturated carbocycles. The van der Waals surface area contributed by atoms with Crippen molar-refractivity contribution >= 4 is 27.8 Å². The Labute approximate surface area is 118 Å². The van der Waals surface area contributed by atoms with Gasteiger partial charge in [-0.25, -0.2) is 9.78 Å². The summed E-state index contributed by atoms with van der Waals surface area (Å²) < 4.78 is 10.5. The number of aromatic nitrogens is 1. The molecule has 1 fully saturated rings. The summed E-state index contributed by atoms with van der Waals surface area (Å²) in [7, 11) is 1.30. The summed E-state index contributed by atoms with van der Waals surface area (Å²) in [4.78, 5) is 29.2. The number of hydrogen-bond acceptors (Lipinski definition) is 5. The van der Waals surface area contributed by atoms with Gasteiger partial charge in [-0.2, -0.15) is 0 Å². The minimum absolute atomic E-state index is 0.152. The summed E-state index contributed by atoms with van der Waals surface area (Å²) in [5.41, 5.74) is 0.521. The topological polar surface area (TPSA) is 68.7 Å². The number of methoxy groups -OCH3 is 1. The van der Waals surface area contributed by atoms with Crippen LogP contribution in [-0.4, -0.2) is 54.7 Å². The van der Waals surface area contributed by atoms with Gasteiger partial charge in [0.1, 0.15) is 4.60 Å². The van der Waals surface area contributed by atoms with E-state index in [-0.39, 0.29) is 12.5 Å². The molecule has 0 N–H and O–H groups in total. The van der Waals surface area contributed by atoms with Gasteiger partial charge in [-0.15, -0.1) is 0 Å². The van der Waals surface area contributed by atoms with Crippen LogP contribution in [0.2, 0.25) is 0 Å². The van der Waals surface area contributed by atoms with Crippen LogP contribution in [0.1, 0.15) is 10.4 Å². The maximum atomic E-state index is 12.3. The Morgan fingerprint density at radius 3 is 3.05 bits per heavy atom. The number of nitrogens with zero attached hydrogens (tertiary/aromatic N) is 2. The van der Waals surface area contributed by atoms with E-state index in [1.165, 1.54) is 7.11 Å². The number of amides is 1. The molecule has 1 aromatic heterocycles. The van der Waals surface area contributed by atoms with Crippen molar-refractivity contribution in [2.45, 2.75) is 6.10 Å². The largest absolute Gasteiger partial charge is 0.467 e. The summed E-state index contributed by atoms with van der Waals surface area (Å²) in [5, 5.41) is 0. The van der Waals surface area contributed by atoms with Crippen LogP contribution in [0.3, 0.4) is 0 Å². The molecule has 1 amide bonds. The number of hydrogen-bond donors (Lipinski definition) is 0. The number of carbonyl (C=O) groups is 2. The van der Waals surface area contributed by atoms with Crippen LogP contribution >= 0.6 is 15.9 Å². The van der Waals surface area contributed by atoms with E-state index < -0.39 is 12.1 Å². The molecule has 2 rings (SSSR count). The molecule has 1 atom stereocenters. The second-order valence-corrected chi connectivity index (χ2v) is 4.81. The first kappa shape index (κ1) is 14.0. The van der Waals surface area contributed by atoms with Gasteiger partial charge in [0.05, 0.1) is 20.3 Å². The van der Waals surface area contributed by atoms with Crippen molar-refractivity contribution in [3.63, 3.8) is 0 Å². The first-order valence-electron chi connectivity index (χ1n) is 5.72. The molecule has 0 bridgehead atoms. The van der Waals surface area contributed by atoms with Gasteiger partial charge in [-0.1, -0.05) is 0 Å². The van der Waals surface area contributed by atoms with Gasteiger partial charge in [0.25, 0.3) is 5.91 Å². The van der Waals surface area contributed by atoms with E-state index in [9.17, 15) is 9.59 Å². The molecular weight excluding hydrogens is 316 g/mol. The van der Waals surface area contributed by atoms with E-state index >= 15 is 0 Å². The van der Waals surface area contributed by atoms with E-state index in [0.29, 0.717) is 23.3 Å². The second-order valence-electron chi connectivity index (χ2n) is 4.00. The number of carbonyl (C=O) groups excluding carboxylic acids is 2. The third-order valence-corrected chi connectivity index (χ3v) is 3.22. The fourth-order valence-electron chi connectivity index (χ4n) is 1.83. The Morgan fingerprint density at radius 2 is 2.37 bits per heavy atom. The van der Waals surface area contributed by atoms with Crippen LogP contribution in [0.15, 0.2) is 22.9 Å². The zero-order valence-electron chi connectivity index (χ0n) is 10.3. The Bertz CT molecular complexity index is 494. The fraction of sp³-hybridized carbons (Fsp3) is 0.417. The normalized spacial score (nSPS) is 19.1. The van der Waals surface area contributed by atoms with Crippen molar-refractivity contribution in [1.82, 2.24) is 9.88 Å². The number of ether oxygens (including phenoxy) is 2. The number of esters is 1. The average molecular weight is 329 g/mol. The smallest absolute Gasteiger partial charge is 0.336 e. The molecule has 1 aliphatic rings. The number of halogens is 1. The van der Waals surface area contributed by atoms with E-state index in [0.717, 1.165) is 0 Å². The highest BCUT2D eigenvalue weighted by atomic mass is 79.9. The quantitative estimate of drug-likeness (QED) is 0.595. The Morgan fingerprint density at radius 1 is 1.58 bits per heavy atom. The molecule has 19 heavy (non-hydrogen) atoms. The minimum Gasteiger partial charge on any atom is -0.467 e. The zero-order chi connectivity index (χ0) is 13.8. The molecule has 1 saturated heterocycles. The van der Waals surface area contributed by atoms with Crippen molar-refractivity contribution in [1.29, 1.82) is 0 Å². The average Bonchev–Trinajstić information content (AvgIpc) is 2.45. The van der Waals surface area contributed by atoms with Crippen molar-refractivity contribution in [2.24, 2.45) is 0 Å². The van der Waals surface area contributed by atoms with Crippen molar-refractivity contribution in [2.75, 3.05) is 26.8 Å². The van der Waals surface area contributed by atoms with Crippen LogP contribution in [0.25, 0.3) is 0 Å². The van der Waals surface area contributed by atoms with E-state index in [1.807, 2.05) is 0 Å². The first-order chi connectivity index (χ1) is 9.11. The van der Waals surface area contributed by atoms with Gasteiger partial charge < -0.3 is 14.4 Å². The summed E-state index contributed by atoms with van der Waals surface area (Å²) >= 11 is 3.22. The van der Waals surface area contributed by atoms with Gasteiger partial charge in [0.15, 0.2) is 6.10 Å². The Hall–Kier alpha value is -1.47. The molecule has 102 valence electrons. The Balaban J connectivity index is 2.09. The van der Waals surface area contributed by atoms with Crippen molar-refractivity contribution in [3.8, 4) is 0 Å². The lowest BCUT2D eigenvalue weighted by molar-refractivity contribution is -0.158. The third-order valence-electron chi connectivity index (χ3n) is 2.79. The lowest BCUT2D eigenvalue weighted by Gasteiger charge is -2.31. The third kappa shape index (κ3) is 3.30. The molecule has 1 unspecified atom stereocenters. The predicted molar refractivity (Wildman–Crippen MR) is 69.6 cm³/mol. The molecule has 0 radical (unpaired) electrons. The van der Waals surface area contributed by atoms with Crippen LogP contribution in [0.4, 0.5) is 0 Å². The predicted octanol–water partition coefficient (Wildman–Crippen LogP) is 0.858. The second kappa shape index (κ2) is 6.12. The fourth-order valence-corrected chi connectivity index (χ4v) is 2.19. The van der Waals surface area contributed by atoms with E-state index in [1.54, 1.807) is 23.2 Å². The van der Waals surface area contributed by atoms with Crippen LogP contribution in [-0.2, 0) is 14.3 Å². The van der Waals surface area contributed by atoms with Gasteiger partial charge >= 0.3 is 5.97 Å². The standard InChI is InChI=1S/C12H13BrN2O4/c1-18-12(17)9-7-15(4-5-19-9)11(16)8-2-3-14-10(13)6-8/h2-3,6,9H,4-5,7H2,1H3. The summed E-state index contributed by atoms with van der Waals surface area (Å²) in [5.74, 6) is -0.617. The SMILES string of the molecule is COC(=O)C1CN(C(=O)c2ccnc(Br)c2)CCO1. The van der Waals surface area contributed by atoms with Gasteiger partial charge in [0, 0.05) is 18.3 Å². The highest BCUT2D eigenvalue weighted by Gasteiger charge is 2.30. The number of morpholine rings is 1. The Kier molecular flexibility index (Phi) is 4.49. The van der Waals surface area contributed by atoms with Gasteiger partial charge in [-0.3, -0.25) is 4.79 Å². The summed E-state index contributed by atoms with van der Waals surface area (Å²) in [6, 6.07) is 3.28. The van der Waals surface area contributed by atoms with Gasteiger partial charge in [0.2, 0.25) is 0 Å². The highest BCUT2D eigenvalue weighted by molar-refractivity contribution is 9.10. The van der Waals surface area contributed by atoms with Crippen molar-refractivity contribution in [3.05, 3.63) is 28.5 Å². The van der Waals surface area contributed by atoms with Crippen molar-refractivity contribution < 1.29 is 19.1 Å². The van der Waals surface area contributed by atoms with Gasteiger partial charge in [-0.05, 0) is 28.1 Å². The summed E-state index contributed by atoms with van der Waals surface area (Å²) in [6.45, 7) is 0.968. The van der Waals surface area contributed by atoms with Crippen LogP contribution in [0, 0.1) is 0 Å². The minimum atomic E-state index is -0.715. The number of pyridine rings is 1. The van der Waals surface area contributed by atoms with Crippen LogP contribution in [0.5, 0.6) is 0 Å². The first-order valence-corrected chi connectivity index (χ1v) is 6.51. The van der Waals surface area contributed by atoms with Crippen LogP contribution < -0.4 is 0 Å². The maximum absolute atomic E-state index is 12.3. The lowest BCUT2D eigenvalue weighted by Crippen LogP contribution is -2.48. The number of rotatable bonds is 2. The zero-order valence-corrected chi connectivity index (χ0v) is 11.9. The monoisotopic (exact) mass is 328 g/mol. The molecule has 1 aromatic rings. The molecule has 6 nitrogen and oxygen atoms in total. The molecule has 0 aliphatic carbocycles. The summed E-state index contributed by atoms with van der Waals surface area (Å²) in [6.07, 6.45) is 0.836. The molecular formula is C12H13BrN2O4. The van der Waals surface area contributed by atoms with E-state index in [2.05, 4.69) is 25.7 Å². The molecule has 1 aliphatic heterocycles. The molecule has 7 heteroatoms.